The molecule has 0 aliphatic rings. The number of hydrogen-bond donors (Lipinski definition) is 0. The normalized spacial score (nSPS) is 11.5. The highest BCUT2D eigenvalue weighted by atomic mass is 16.5. The summed E-state index contributed by atoms with van der Waals surface area (Å²) in [7, 11) is 0. The minimum atomic E-state index is -0.278. The lowest BCUT2D eigenvalue weighted by atomic mass is 10.1. The molecule has 0 bridgehead atoms. The molecule has 1 aromatic rings. The van der Waals surface area contributed by atoms with Gasteiger partial charge >= 0.3 is 5.97 Å². The molecule has 0 saturated heterocycles. The summed E-state index contributed by atoms with van der Waals surface area (Å²) in [5.74, 6) is -0.278. The van der Waals surface area contributed by atoms with E-state index in [-0.39, 0.29) is 5.97 Å². The van der Waals surface area contributed by atoms with Gasteiger partial charge in [0, 0.05) is 6.61 Å². The van der Waals surface area contributed by atoms with E-state index in [2.05, 4.69) is 6.92 Å². The Kier molecular flexibility index (Phi) is 10.0. The highest BCUT2D eigenvalue weighted by Crippen LogP contribution is 2.10. The van der Waals surface area contributed by atoms with E-state index in [1.165, 1.54) is 19.3 Å². The molecule has 0 amide bonds. The highest BCUT2D eigenvalue weighted by molar-refractivity contribution is 5.94. The van der Waals surface area contributed by atoms with Crippen LogP contribution in [-0.4, -0.2) is 25.8 Å². The van der Waals surface area contributed by atoms with Crippen molar-refractivity contribution in [2.75, 3.05) is 19.8 Å². The number of unbranched alkanes of at least 4 members (excludes halogenated alkanes) is 3. The van der Waals surface area contributed by atoms with Crippen LogP contribution in [0.2, 0.25) is 0 Å². The highest BCUT2D eigenvalue weighted by Gasteiger charge is 2.11. The van der Waals surface area contributed by atoms with E-state index in [4.69, 9.17) is 9.47 Å². The molecule has 0 unspecified atom stereocenters. The third kappa shape index (κ3) is 7.99. The van der Waals surface area contributed by atoms with Gasteiger partial charge in [-0.3, -0.25) is 0 Å². The van der Waals surface area contributed by atoms with Crippen LogP contribution >= 0.6 is 0 Å². The largest absolute Gasteiger partial charge is 0.462 e. The van der Waals surface area contributed by atoms with Crippen LogP contribution in [0.1, 0.15) is 51.5 Å². The summed E-state index contributed by atoms with van der Waals surface area (Å²) >= 11 is 0. The maximum absolute atomic E-state index is 12.1. The first-order valence-electron chi connectivity index (χ1n) is 8.28. The Morgan fingerprint density at radius 1 is 1.00 bits per heavy atom. The molecule has 1 aromatic carbocycles. The maximum atomic E-state index is 12.1. The van der Waals surface area contributed by atoms with Crippen LogP contribution in [-0.2, 0) is 14.3 Å². The zero-order valence-corrected chi connectivity index (χ0v) is 13.8. The van der Waals surface area contributed by atoms with Gasteiger partial charge in [-0.15, -0.1) is 0 Å². The minimum Gasteiger partial charge on any atom is -0.462 e. The quantitative estimate of drug-likeness (QED) is 0.340. The van der Waals surface area contributed by atoms with Gasteiger partial charge in [0.2, 0.25) is 0 Å². The Hall–Kier alpha value is -1.61. The van der Waals surface area contributed by atoms with Crippen LogP contribution in [0.4, 0.5) is 0 Å². The Bertz CT molecular complexity index is 437. The summed E-state index contributed by atoms with van der Waals surface area (Å²) in [6.45, 7) is 5.61. The van der Waals surface area contributed by atoms with Gasteiger partial charge in [0.05, 0.1) is 18.8 Å². The van der Waals surface area contributed by atoms with Crippen LogP contribution < -0.4 is 0 Å². The van der Waals surface area contributed by atoms with Crippen molar-refractivity contribution in [2.24, 2.45) is 0 Å². The molecule has 0 aromatic heterocycles. The molecule has 0 aliphatic heterocycles. The van der Waals surface area contributed by atoms with Crippen LogP contribution in [0, 0.1) is 0 Å². The molecule has 0 spiro atoms. The van der Waals surface area contributed by atoms with Crippen molar-refractivity contribution in [2.45, 2.75) is 46.0 Å². The molecular formula is C19H28O3. The average Bonchev–Trinajstić information content (AvgIpc) is 2.55. The standard InChI is InChI=1S/C19H28O3/c1-3-5-6-10-14-21-16-18(19(20)22-13-4-2)15-17-11-8-7-9-12-17/h7-9,11-12,15H,3-6,10,13-14,16H2,1-2H3. The number of carbonyl (C=O) groups is 1. The lowest BCUT2D eigenvalue weighted by Crippen LogP contribution is -2.13. The predicted molar refractivity (Wildman–Crippen MR) is 90.6 cm³/mol. The molecule has 122 valence electrons. The zero-order chi connectivity index (χ0) is 16.0. The van der Waals surface area contributed by atoms with Gasteiger partial charge in [0.15, 0.2) is 0 Å². The van der Waals surface area contributed by atoms with E-state index in [9.17, 15) is 4.79 Å². The van der Waals surface area contributed by atoms with Crippen LogP contribution in [0.15, 0.2) is 35.9 Å². The molecule has 3 heteroatoms. The van der Waals surface area contributed by atoms with Gasteiger partial charge in [0.25, 0.3) is 0 Å². The molecule has 0 fully saturated rings. The molecule has 0 heterocycles. The summed E-state index contributed by atoms with van der Waals surface area (Å²) in [4.78, 5) is 12.1. The number of benzene rings is 1. The SMILES string of the molecule is CCCCCCOCC(=Cc1ccccc1)C(=O)OCCC. The van der Waals surface area contributed by atoms with Gasteiger partial charge in [-0.2, -0.15) is 0 Å². The van der Waals surface area contributed by atoms with Crippen LogP contribution in [0.25, 0.3) is 6.08 Å². The molecule has 0 aliphatic carbocycles. The summed E-state index contributed by atoms with van der Waals surface area (Å²) in [5.41, 5.74) is 1.57. The first-order chi connectivity index (χ1) is 10.8. The fourth-order valence-electron chi connectivity index (χ4n) is 2.01. The summed E-state index contributed by atoms with van der Waals surface area (Å²) in [6.07, 6.45) is 7.33. The van der Waals surface area contributed by atoms with Gasteiger partial charge in [-0.05, 0) is 24.5 Å². The number of hydrogen-bond acceptors (Lipinski definition) is 3. The first-order valence-corrected chi connectivity index (χ1v) is 8.28. The number of carbonyl (C=O) groups excluding carboxylic acids is 1. The van der Waals surface area contributed by atoms with Crippen molar-refractivity contribution in [3.8, 4) is 0 Å². The van der Waals surface area contributed by atoms with Crippen LogP contribution in [0.5, 0.6) is 0 Å². The number of rotatable bonds is 11. The minimum absolute atomic E-state index is 0.278. The smallest absolute Gasteiger partial charge is 0.336 e. The van der Waals surface area contributed by atoms with E-state index in [1.54, 1.807) is 0 Å². The Labute approximate surface area is 134 Å². The van der Waals surface area contributed by atoms with E-state index in [0.29, 0.717) is 25.4 Å². The fourth-order valence-corrected chi connectivity index (χ4v) is 2.01. The Balaban J connectivity index is 2.55. The zero-order valence-electron chi connectivity index (χ0n) is 13.8. The van der Waals surface area contributed by atoms with Crippen LogP contribution in [0.3, 0.4) is 0 Å². The summed E-state index contributed by atoms with van der Waals surface area (Å²) < 4.78 is 10.9. The van der Waals surface area contributed by atoms with Crippen molar-refractivity contribution in [1.29, 1.82) is 0 Å². The second-order valence-corrected chi connectivity index (χ2v) is 5.33. The molecular weight excluding hydrogens is 276 g/mol. The third-order valence-corrected chi connectivity index (χ3v) is 3.24. The van der Waals surface area contributed by atoms with Crippen molar-refractivity contribution in [3.05, 3.63) is 41.5 Å². The molecule has 22 heavy (non-hydrogen) atoms. The summed E-state index contributed by atoms with van der Waals surface area (Å²) in [5, 5.41) is 0. The van der Waals surface area contributed by atoms with Gasteiger partial charge < -0.3 is 9.47 Å². The predicted octanol–water partition coefficient (Wildman–Crippen LogP) is 4.62. The topological polar surface area (TPSA) is 35.5 Å². The van der Waals surface area contributed by atoms with Gasteiger partial charge in [-0.25, -0.2) is 4.79 Å². The first kappa shape index (κ1) is 18.4. The molecule has 0 atom stereocenters. The molecule has 0 saturated carbocycles. The lowest BCUT2D eigenvalue weighted by molar-refractivity contribution is -0.139. The lowest BCUT2D eigenvalue weighted by Gasteiger charge is -2.09. The molecule has 0 radical (unpaired) electrons. The summed E-state index contributed by atoms with van der Waals surface area (Å²) in [6, 6.07) is 9.79. The molecule has 3 nitrogen and oxygen atoms in total. The number of esters is 1. The Morgan fingerprint density at radius 3 is 2.45 bits per heavy atom. The van der Waals surface area contributed by atoms with E-state index < -0.39 is 0 Å². The van der Waals surface area contributed by atoms with E-state index in [0.717, 1.165) is 18.4 Å². The monoisotopic (exact) mass is 304 g/mol. The number of ether oxygens (including phenoxy) is 2. The van der Waals surface area contributed by atoms with Crippen molar-refractivity contribution < 1.29 is 14.3 Å². The van der Waals surface area contributed by atoms with E-state index in [1.807, 2.05) is 43.3 Å². The van der Waals surface area contributed by atoms with Gasteiger partial charge in [-0.1, -0.05) is 63.4 Å². The second kappa shape index (κ2) is 12.0. The van der Waals surface area contributed by atoms with Crippen molar-refractivity contribution in [1.82, 2.24) is 0 Å². The van der Waals surface area contributed by atoms with Crippen molar-refractivity contribution >= 4 is 12.0 Å². The van der Waals surface area contributed by atoms with Gasteiger partial charge in [0.1, 0.15) is 0 Å². The third-order valence-electron chi connectivity index (χ3n) is 3.24. The second-order valence-electron chi connectivity index (χ2n) is 5.33. The van der Waals surface area contributed by atoms with E-state index >= 15 is 0 Å². The maximum Gasteiger partial charge on any atom is 0.336 e. The van der Waals surface area contributed by atoms with Crippen molar-refractivity contribution in [3.63, 3.8) is 0 Å². The average molecular weight is 304 g/mol. The molecule has 0 N–H and O–H groups in total. The fraction of sp³-hybridized carbons (Fsp3) is 0.526. The Morgan fingerprint density at radius 2 is 1.77 bits per heavy atom. The molecule has 1 rings (SSSR count).